The van der Waals surface area contributed by atoms with E-state index in [2.05, 4.69) is 55.6 Å². The van der Waals surface area contributed by atoms with E-state index in [4.69, 9.17) is 0 Å². The number of aliphatic hydroxyl groups excluding tert-OH is 2. The average molecular weight is 476 g/mol. The fourth-order valence-electron chi connectivity index (χ4n) is 3.66. The molecule has 0 radical (unpaired) electrons. The molecule has 0 aromatic rings. The van der Waals surface area contributed by atoms with Crippen molar-refractivity contribution in [3.63, 3.8) is 0 Å². The zero-order chi connectivity index (χ0) is 25.1. The van der Waals surface area contributed by atoms with Crippen LogP contribution in [0.5, 0.6) is 0 Å². The summed E-state index contributed by atoms with van der Waals surface area (Å²) in [6, 6.07) is -0.627. The standard InChI is InChI=1S/C30H53NO3/c1-3-5-7-9-11-12-13-14-15-16-17-18-20-22-24-26-30(34)31-28(27-32)29(33)25-23-21-19-10-8-6-4-2/h5,7,11-12,14-15,23,25,28-29,32-33H,3-4,6,8-10,13,16-22,24,26-27H2,1-2H3,(H,31,34)/b7-5-,12-11-,15-14-,25-23+. The number of aliphatic hydroxyl groups is 2. The van der Waals surface area contributed by atoms with Crippen molar-refractivity contribution in [3.8, 4) is 0 Å². The molecular formula is C30H53NO3. The van der Waals surface area contributed by atoms with Gasteiger partial charge in [0.15, 0.2) is 0 Å². The van der Waals surface area contributed by atoms with E-state index in [1.807, 2.05) is 6.08 Å². The molecule has 0 aliphatic rings. The molecule has 3 N–H and O–H groups in total. The molecular weight excluding hydrogens is 422 g/mol. The van der Waals surface area contributed by atoms with Gasteiger partial charge in [-0.05, 0) is 51.4 Å². The highest BCUT2D eigenvalue weighted by atomic mass is 16.3. The Morgan fingerprint density at radius 2 is 1.29 bits per heavy atom. The van der Waals surface area contributed by atoms with E-state index in [0.717, 1.165) is 57.8 Å². The zero-order valence-corrected chi connectivity index (χ0v) is 22.1. The summed E-state index contributed by atoms with van der Waals surface area (Å²) in [5, 5.41) is 22.5. The Bertz CT molecular complexity index is 565. The molecule has 4 nitrogen and oxygen atoms in total. The number of unbranched alkanes of at least 4 members (excludes halogenated alkanes) is 10. The molecule has 0 aliphatic carbocycles. The lowest BCUT2D eigenvalue weighted by Gasteiger charge is -2.20. The second kappa shape index (κ2) is 26.0. The second-order valence-electron chi connectivity index (χ2n) is 9.08. The molecule has 0 saturated carbocycles. The Kier molecular flexibility index (Phi) is 24.7. The fraction of sp³-hybridized carbons (Fsp3) is 0.700. The predicted octanol–water partition coefficient (Wildman–Crippen LogP) is 7.33. The van der Waals surface area contributed by atoms with E-state index in [1.165, 1.54) is 38.5 Å². The highest BCUT2D eigenvalue weighted by Gasteiger charge is 2.17. The van der Waals surface area contributed by atoms with Crippen LogP contribution in [0.4, 0.5) is 0 Å². The summed E-state index contributed by atoms with van der Waals surface area (Å²) in [6.07, 6.45) is 33.3. The third-order valence-electron chi connectivity index (χ3n) is 5.82. The van der Waals surface area contributed by atoms with Crippen LogP contribution in [-0.4, -0.2) is 34.9 Å². The molecule has 0 aromatic heterocycles. The van der Waals surface area contributed by atoms with Crippen LogP contribution in [0, 0.1) is 0 Å². The lowest BCUT2D eigenvalue weighted by Crippen LogP contribution is -2.45. The van der Waals surface area contributed by atoms with Crippen LogP contribution in [0.2, 0.25) is 0 Å². The monoisotopic (exact) mass is 475 g/mol. The third kappa shape index (κ3) is 22.2. The first-order valence-corrected chi connectivity index (χ1v) is 13.9. The molecule has 4 heteroatoms. The topological polar surface area (TPSA) is 69.6 Å². The molecule has 1 amide bonds. The molecule has 196 valence electrons. The summed E-state index contributed by atoms with van der Waals surface area (Å²) in [5.41, 5.74) is 0. The van der Waals surface area contributed by atoms with Crippen molar-refractivity contribution >= 4 is 5.91 Å². The van der Waals surface area contributed by atoms with E-state index >= 15 is 0 Å². The second-order valence-corrected chi connectivity index (χ2v) is 9.08. The zero-order valence-electron chi connectivity index (χ0n) is 22.1. The van der Waals surface area contributed by atoms with Crippen molar-refractivity contribution in [2.75, 3.05) is 6.61 Å². The highest BCUT2D eigenvalue weighted by Crippen LogP contribution is 2.09. The van der Waals surface area contributed by atoms with Crippen LogP contribution < -0.4 is 5.32 Å². The Morgan fingerprint density at radius 1 is 0.735 bits per heavy atom. The number of amides is 1. The maximum atomic E-state index is 12.2. The van der Waals surface area contributed by atoms with E-state index in [1.54, 1.807) is 6.08 Å². The van der Waals surface area contributed by atoms with Gasteiger partial charge < -0.3 is 15.5 Å². The molecule has 34 heavy (non-hydrogen) atoms. The predicted molar refractivity (Wildman–Crippen MR) is 147 cm³/mol. The Balaban J connectivity index is 3.74. The van der Waals surface area contributed by atoms with Gasteiger partial charge in [-0.3, -0.25) is 4.79 Å². The van der Waals surface area contributed by atoms with Gasteiger partial charge in [0, 0.05) is 6.42 Å². The molecule has 2 atom stereocenters. The maximum Gasteiger partial charge on any atom is 0.220 e. The number of nitrogens with one attached hydrogen (secondary N) is 1. The minimum atomic E-state index is -0.842. The quantitative estimate of drug-likeness (QED) is 0.107. The largest absolute Gasteiger partial charge is 0.394 e. The first kappa shape index (κ1) is 32.4. The summed E-state index contributed by atoms with van der Waals surface area (Å²) in [4.78, 5) is 12.2. The van der Waals surface area contributed by atoms with Crippen molar-refractivity contribution in [2.24, 2.45) is 0 Å². The lowest BCUT2D eigenvalue weighted by molar-refractivity contribution is -0.123. The average Bonchev–Trinajstić information content (AvgIpc) is 2.84. The van der Waals surface area contributed by atoms with Gasteiger partial charge in [-0.2, -0.15) is 0 Å². The van der Waals surface area contributed by atoms with E-state index < -0.39 is 12.1 Å². The molecule has 0 bridgehead atoms. The molecule has 0 fully saturated rings. The smallest absolute Gasteiger partial charge is 0.220 e. The van der Waals surface area contributed by atoms with Crippen LogP contribution in [-0.2, 0) is 4.79 Å². The van der Waals surface area contributed by atoms with Crippen molar-refractivity contribution < 1.29 is 15.0 Å². The summed E-state index contributed by atoms with van der Waals surface area (Å²) in [6.45, 7) is 4.10. The van der Waals surface area contributed by atoms with Gasteiger partial charge in [-0.15, -0.1) is 0 Å². The first-order chi connectivity index (χ1) is 16.7. The van der Waals surface area contributed by atoms with E-state index in [-0.39, 0.29) is 12.5 Å². The minimum Gasteiger partial charge on any atom is -0.394 e. The van der Waals surface area contributed by atoms with Crippen LogP contribution in [0.3, 0.4) is 0 Å². The molecule has 0 spiro atoms. The Hall–Kier alpha value is -1.65. The van der Waals surface area contributed by atoms with Crippen LogP contribution in [0.15, 0.2) is 48.6 Å². The van der Waals surface area contributed by atoms with Gasteiger partial charge in [-0.25, -0.2) is 0 Å². The molecule has 0 saturated heterocycles. The molecule has 0 aromatic carbocycles. The highest BCUT2D eigenvalue weighted by molar-refractivity contribution is 5.76. The summed E-state index contributed by atoms with van der Waals surface area (Å²) < 4.78 is 0. The number of allylic oxidation sites excluding steroid dienone is 7. The number of hydrogen-bond donors (Lipinski definition) is 3. The third-order valence-corrected chi connectivity index (χ3v) is 5.82. The van der Waals surface area contributed by atoms with Crippen LogP contribution in [0.25, 0.3) is 0 Å². The fourth-order valence-corrected chi connectivity index (χ4v) is 3.66. The Labute approximate surface area is 210 Å². The molecule has 2 unspecified atom stereocenters. The Morgan fingerprint density at radius 3 is 1.94 bits per heavy atom. The van der Waals surface area contributed by atoms with Crippen LogP contribution in [0.1, 0.15) is 117 Å². The minimum absolute atomic E-state index is 0.0905. The summed E-state index contributed by atoms with van der Waals surface area (Å²) >= 11 is 0. The summed E-state index contributed by atoms with van der Waals surface area (Å²) in [5.74, 6) is -0.0905. The van der Waals surface area contributed by atoms with Gasteiger partial charge in [0.25, 0.3) is 0 Å². The maximum absolute atomic E-state index is 12.2. The van der Waals surface area contributed by atoms with Crippen LogP contribution >= 0.6 is 0 Å². The van der Waals surface area contributed by atoms with Crippen molar-refractivity contribution in [2.45, 2.75) is 129 Å². The molecule has 0 rings (SSSR count). The first-order valence-electron chi connectivity index (χ1n) is 13.9. The van der Waals surface area contributed by atoms with E-state index in [9.17, 15) is 15.0 Å². The van der Waals surface area contributed by atoms with Crippen molar-refractivity contribution in [1.29, 1.82) is 0 Å². The number of carbonyl (C=O) groups is 1. The number of hydrogen-bond acceptors (Lipinski definition) is 3. The van der Waals surface area contributed by atoms with Gasteiger partial charge in [-0.1, -0.05) is 107 Å². The summed E-state index contributed by atoms with van der Waals surface area (Å²) in [7, 11) is 0. The number of carbonyl (C=O) groups excluding carboxylic acids is 1. The van der Waals surface area contributed by atoms with Gasteiger partial charge in [0.1, 0.15) is 0 Å². The normalized spacial score (nSPS) is 14.1. The van der Waals surface area contributed by atoms with Crippen molar-refractivity contribution in [3.05, 3.63) is 48.6 Å². The lowest BCUT2D eigenvalue weighted by atomic mass is 10.1. The molecule has 0 heterocycles. The SMILES string of the molecule is CC/C=C\C/C=C\C/C=C\CCCCCCCC(=O)NC(CO)C(O)/C=C/CCCCCCC. The van der Waals surface area contributed by atoms with Gasteiger partial charge in [0.05, 0.1) is 18.8 Å². The van der Waals surface area contributed by atoms with Gasteiger partial charge in [0.2, 0.25) is 5.91 Å². The van der Waals surface area contributed by atoms with Crippen molar-refractivity contribution in [1.82, 2.24) is 5.32 Å². The number of rotatable bonds is 23. The van der Waals surface area contributed by atoms with Gasteiger partial charge >= 0.3 is 0 Å². The molecule has 0 aliphatic heterocycles. The van der Waals surface area contributed by atoms with E-state index in [0.29, 0.717) is 6.42 Å².